The van der Waals surface area contributed by atoms with Crippen LogP contribution in [0.1, 0.15) is 0 Å². The minimum atomic E-state index is -0.498. The molecule has 0 saturated heterocycles. The van der Waals surface area contributed by atoms with Gasteiger partial charge in [-0.1, -0.05) is 0 Å². The number of amides is 2. The number of rotatable bonds is 0. The number of hydrogen-bond donors (Lipinski definition) is 1. The van der Waals surface area contributed by atoms with Crippen molar-refractivity contribution in [1.82, 2.24) is 10.0 Å². The third kappa shape index (κ3) is 0.868. The molecule has 2 heterocycles. The van der Waals surface area contributed by atoms with E-state index in [4.69, 9.17) is 5.73 Å². The van der Waals surface area contributed by atoms with Crippen molar-refractivity contribution >= 4 is 12.2 Å². The normalized spacial score (nSPS) is 19.5. The van der Waals surface area contributed by atoms with E-state index in [9.17, 15) is 4.79 Å². The van der Waals surface area contributed by atoms with Gasteiger partial charge in [0.25, 0.3) is 0 Å². The molecule has 5 nitrogen and oxygen atoms in total. The van der Waals surface area contributed by atoms with E-state index in [1.54, 1.807) is 23.5 Å². The van der Waals surface area contributed by atoms with E-state index in [-0.39, 0.29) is 0 Å². The number of nitrogens with two attached hydrogens (primary N) is 1. The van der Waals surface area contributed by atoms with E-state index < -0.39 is 6.03 Å². The zero-order valence-electron chi connectivity index (χ0n) is 6.34. The molecule has 2 aliphatic heterocycles. The monoisotopic (exact) mass is 164 g/mol. The molecule has 12 heavy (non-hydrogen) atoms. The quantitative estimate of drug-likeness (QED) is 0.549. The highest BCUT2D eigenvalue weighted by atomic mass is 16.2. The van der Waals surface area contributed by atoms with Crippen molar-refractivity contribution in [3.8, 4) is 0 Å². The molecular weight excluding hydrogens is 156 g/mol. The van der Waals surface area contributed by atoms with Crippen molar-refractivity contribution in [2.45, 2.75) is 0 Å². The summed E-state index contributed by atoms with van der Waals surface area (Å²) >= 11 is 0. The summed E-state index contributed by atoms with van der Waals surface area (Å²) in [6, 6.07) is -0.498. The molecule has 0 aromatic rings. The molecule has 2 rings (SSSR count). The molecule has 0 atom stereocenters. The van der Waals surface area contributed by atoms with Crippen LogP contribution in [0.2, 0.25) is 0 Å². The predicted octanol–water partition coefficient (Wildman–Crippen LogP) is 0.0372. The van der Waals surface area contributed by atoms with Crippen LogP contribution in [0.25, 0.3) is 0 Å². The first-order valence-electron chi connectivity index (χ1n) is 3.56. The molecule has 0 aliphatic carbocycles. The molecule has 5 heteroatoms. The molecule has 2 N–H and O–H groups in total. The zero-order valence-corrected chi connectivity index (χ0v) is 6.34. The van der Waals surface area contributed by atoms with Gasteiger partial charge in [0.2, 0.25) is 0 Å². The van der Waals surface area contributed by atoms with Gasteiger partial charge >= 0.3 is 6.03 Å². The van der Waals surface area contributed by atoms with Crippen LogP contribution >= 0.6 is 0 Å². The molecule has 0 bridgehead atoms. The van der Waals surface area contributed by atoms with Gasteiger partial charge in [-0.15, -0.1) is 0 Å². The largest absolute Gasteiger partial charge is 0.350 e. The highest BCUT2D eigenvalue weighted by Gasteiger charge is 2.23. The number of primary amides is 1. The maximum atomic E-state index is 10.9. The van der Waals surface area contributed by atoms with Crippen LogP contribution in [0, 0.1) is 0 Å². The van der Waals surface area contributed by atoms with Crippen molar-refractivity contribution < 1.29 is 4.79 Å². The van der Waals surface area contributed by atoms with Crippen LogP contribution in [0.3, 0.4) is 0 Å². The van der Waals surface area contributed by atoms with E-state index in [1.165, 1.54) is 5.01 Å². The zero-order chi connectivity index (χ0) is 8.55. The number of carbonyl (C=O) groups excluding carboxylic acids is 1. The molecule has 0 radical (unpaired) electrons. The van der Waals surface area contributed by atoms with Gasteiger partial charge in [0.15, 0.2) is 0 Å². The Labute approximate surface area is 69.4 Å². The SMILES string of the molecule is NC(=O)N1C=CC=C2N=CCN21. The summed E-state index contributed by atoms with van der Waals surface area (Å²) in [7, 11) is 0. The second kappa shape index (κ2) is 2.37. The Hall–Kier alpha value is -1.78. The third-order valence-electron chi connectivity index (χ3n) is 1.70. The van der Waals surface area contributed by atoms with Gasteiger partial charge in [-0.3, -0.25) is 5.01 Å². The minimum Gasteiger partial charge on any atom is -0.350 e. The van der Waals surface area contributed by atoms with Gasteiger partial charge in [-0.05, 0) is 12.2 Å². The molecule has 0 aromatic heterocycles. The average Bonchev–Trinajstić information content (AvgIpc) is 2.49. The molecule has 0 aromatic carbocycles. The van der Waals surface area contributed by atoms with Crippen molar-refractivity contribution in [1.29, 1.82) is 0 Å². The first-order chi connectivity index (χ1) is 5.79. The lowest BCUT2D eigenvalue weighted by Gasteiger charge is -2.30. The second-order valence-corrected chi connectivity index (χ2v) is 2.44. The number of aliphatic imine (C=N–C) groups is 1. The molecule has 2 amide bonds. The number of hydrogen-bond acceptors (Lipinski definition) is 3. The molecule has 0 unspecified atom stereocenters. The van der Waals surface area contributed by atoms with Gasteiger partial charge in [-0.25, -0.2) is 14.8 Å². The van der Waals surface area contributed by atoms with E-state index in [0.717, 1.165) is 5.82 Å². The van der Waals surface area contributed by atoms with Gasteiger partial charge in [0.05, 0.1) is 6.54 Å². The van der Waals surface area contributed by atoms with Crippen molar-refractivity contribution in [3.63, 3.8) is 0 Å². The van der Waals surface area contributed by atoms with Crippen molar-refractivity contribution in [2.75, 3.05) is 6.54 Å². The van der Waals surface area contributed by atoms with Gasteiger partial charge in [-0.2, -0.15) is 0 Å². The smallest absolute Gasteiger partial charge is 0.337 e. The number of nitrogens with zero attached hydrogens (tertiary/aromatic N) is 3. The summed E-state index contributed by atoms with van der Waals surface area (Å²) in [4.78, 5) is 14.9. The van der Waals surface area contributed by atoms with Gasteiger partial charge in [0, 0.05) is 12.4 Å². The molecule has 0 fully saturated rings. The van der Waals surface area contributed by atoms with Crippen LogP contribution in [0.4, 0.5) is 4.79 Å². The van der Waals surface area contributed by atoms with Gasteiger partial charge < -0.3 is 5.73 Å². The molecule has 0 spiro atoms. The lowest BCUT2D eigenvalue weighted by atomic mass is 10.4. The lowest BCUT2D eigenvalue weighted by Crippen LogP contribution is -2.44. The Bertz CT molecular complexity index is 305. The van der Waals surface area contributed by atoms with E-state index >= 15 is 0 Å². The number of urea groups is 1. The van der Waals surface area contributed by atoms with Gasteiger partial charge in [0.1, 0.15) is 5.82 Å². The fraction of sp³-hybridized carbons (Fsp3) is 0.143. The summed E-state index contributed by atoms with van der Waals surface area (Å²) in [5.41, 5.74) is 5.13. The van der Waals surface area contributed by atoms with E-state index in [1.807, 2.05) is 6.08 Å². The molecular formula is C7H8N4O. The lowest BCUT2D eigenvalue weighted by molar-refractivity contribution is 0.113. The molecule has 0 saturated carbocycles. The molecule has 62 valence electrons. The first-order valence-corrected chi connectivity index (χ1v) is 3.56. The second-order valence-electron chi connectivity index (χ2n) is 2.44. The summed E-state index contributed by atoms with van der Waals surface area (Å²) in [5, 5.41) is 3.03. The average molecular weight is 164 g/mol. The maximum absolute atomic E-state index is 10.9. The standard InChI is InChI=1S/C7H8N4O/c8-7(12)11-4-1-2-6-9-3-5-10(6)11/h1-4H,5H2,(H2,8,12). The Morgan fingerprint density at radius 3 is 3.25 bits per heavy atom. The Kier molecular flexibility index (Phi) is 1.36. The fourth-order valence-corrected chi connectivity index (χ4v) is 1.18. The number of fused-ring (bicyclic) bond motifs is 1. The number of carbonyl (C=O) groups is 1. The minimum absolute atomic E-state index is 0.498. The molecule has 2 aliphatic rings. The Morgan fingerprint density at radius 2 is 2.50 bits per heavy atom. The summed E-state index contributed by atoms with van der Waals surface area (Å²) in [6.45, 7) is 0.596. The Balaban J connectivity index is 2.28. The Morgan fingerprint density at radius 1 is 1.67 bits per heavy atom. The third-order valence-corrected chi connectivity index (χ3v) is 1.70. The van der Waals surface area contributed by atoms with Crippen LogP contribution in [0.5, 0.6) is 0 Å². The van der Waals surface area contributed by atoms with Crippen LogP contribution in [0.15, 0.2) is 29.2 Å². The van der Waals surface area contributed by atoms with E-state index in [0.29, 0.717) is 6.54 Å². The highest BCUT2D eigenvalue weighted by molar-refractivity contribution is 5.75. The topological polar surface area (TPSA) is 61.9 Å². The van der Waals surface area contributed by atoms with Crippen LogP contribution in [-0.2, 0) is 0 Å². The fourth-order valence-electron chi connectivity index (χ4n) is 1.18. The summed E-state index contributed by atoms with van der Waals surface area (Å²) in [6.07, 6.45) is 6.90. The number of allylic oxidation sites excluding steroid dienone is 2. The first kappa shape index (κ1) is 6.90. The number of hydrazine groups is 1. The predicted molar refractivity (Wildman–Crippen MR) is 43.8 cm³/mol. The maximum Gasteiger partial charge on any atom is 0.337 e. The van der Waals surface area contributed by atoms with E-state index in [2.05, 4.69) is 4.99 Å². The summed E-state index contributed by atoms with van der Waals surface area (Å²) < 4.78 is 0. The summed E-state index contributed by atoms with van der Waals surface area (Å²) in [5.74, 6) is 0.747. The van der Waals surface area contributed by atoms with Crippen LogP contribution < -0.4 is 5.73 Å². The van der Waals surface area contributed by atoms with Crippen molar-refractivity contribution in [3.05, 3.63) is 24.2 Å². The van der Waals surface area contributed by atoms with Crippen LogP contribution in [-0.4, -0.2) is 28.8 Å². The van der Waals surface area contributed by atoms with Crippen molar-refractivity contribution in [2.24, 2.45) is 10.7 Å². The highest BCUT2D eigenvalue weighted by Crippen LogP contribution is 2.18.